The van der Waals surface area contributed by atoms with Gasteiger partial charge < -0.3 is 5.32 Å². The molecule has 0 aromatic carbocycles. The molecule has 1 unspecified atom stereocenters. The van der Waals surface area contributed by atoms with Crippen molar-refractivity contribution in [1.29, 1.82) is 0 Å². The van der Waals surface area contributed by atoms with E-state index >= 15 is 0 Å². The fourth-order valence-electron chi connectivity index (χ4n) is 3.48. The average Bonchev–Trinajstić information content (AvgIpc) is 3.48. The van der Waals surface area contributed by atoms with Crippen molar-refractivity contribution in [3.05, 3.63) is 71.7 Å². The van der Waals surface area contributed by atoms with Gasteiger partial charge in [0.2, 0.25) is 0 Å². The summed E-state index contributed by atoms with van der Waals surface area (Å²) < 4.78 is 0. The number of fused-ring (bicyclic) bond motifs is 1. The molecule has 0 aromatic heterocycles. The minimum Gasteiger partial charge on any atom is -0.337 e. The van der Waals surface area contributed by atoms with Gasteiger partial charge in [0.1, 0.15) is 0 Å². The molecule has 0 radical (unpaired) electrons. The van der Waals surface area contributed by atoms with E-state index in [2.05, 4.69) is 40.5 Å². The van der Waals surface area contributed by atoms with Crippen LogP contribution in [0.1, 0.15) is 26.2 Å². The molecule has 1 fully saturated rings. The highest BCUT2D eigenvalue weighted by Crippen LogP contribution is 2.34. The van der Waals surface area contributed by atoms with Crippen LogP contribution in [0.25, 0.3) is 0 Å². The maximum Gasteiger partial charge on any atom is 0.317 e. The molecule has 2 aliphatic heterocycles. The summed E-state index contributed by atoms with van der Waals surface area (Å²) in [5.74, 6) is 0.840. The Balaban J connectivity index is 1.57. The summed E-state index contributed by atoms with van der Waals surface area (Å²) in [5, 5.41) is 3.09. The fourth-order valence-corrected chi connectivity index (χ4v) is 3.48. The molecule has 2 heterocycles. The maximum atomic E-state index is 13.0. The van der Waals surface area contributed by atoms with Gasteiger partial charge in [-0.05, 0) is 31.4 Å². The number of rotatable bonds is 4. The summed E-state index contributed by atoms with van der Waals surface area (Å²) in [4.78, 5) is 19.7. The molecule has 26 heavy (non-hydrogen) atoms. The predicted molar refractivity (Wildman–Crippen MR) is 103 cm³/mol. The first-order valence-electron chi connectivity index (χ1n) is 9.37. The van der Waals surface area contributed by atoms with Gasteiger partial charge in [-0.1, -0.05) is 36.5 Å². The smallest absolute Gasteiger partial charge is 0.317 e. The van der Waals surface area contributed by atoms with Gasteiger partial charge in [-0.25, -0.2) is 9.98 Å². The van der Waals surface area contributed by atoms with Gasteiger partial charge in [0, 0.05) is 12.0 Å². The lowest BCUT2D eigenvalue weighted by atomic mass is 9.93. The summed E-state index contributed by atoms with van der Waals surface area (Å²) in [7, 11) is 0. The van der Waals surface area contributed by atoms with Crippen LogP contribution in [-0.4, -0.2) is 23.9 Å². The van der Waals surface area contributed by atoms with Crippen LogP contribution < -0.4 is 15.3 Å². The summed E-state index contributed by atoms with van der Waals surface area (Å²) in [5.41, 5.74) is 5.28. The van der Waals surface area contributed by atoms with Crippen LogP contribution in [0.3, 0.4) is 0 Å². The molecular weight excluding hydrogens is 322 g/mol. The normalized spacial score (nSPS) is 24.3. The zero-order valence-corrected chi connectivity index (χ0v) is 15.1. The Kier molecular flexibility index (Phi) is 4.65. The molecule has 4 aliphatic rings. The molecule has 0 spiro atoms. The molecule has 4 heteroatoms. The molecule has 4 nitrogen and oxygen atoms in total. The van der Waals surface area contributed by atoms with Gasteiger partial charge >= 0.3 is 5.91 Å². The molecular formula is C22H25N3O+2. The zero-order valence-electron chi connectivity index (χ0n) is 15.1. The van der Waals surface area contributed by atoms with Crippen molar-refractivity contribution in [1.82, 2.24) is 5.32 Å². The second-order valence-electron chi connectivity index (χ2n) is 7.21. The first-order chi connectivity index (χ1) is 12.7. The Hall–Kier alpha value is -2.75. The third-order valence-corrected chi connectivity index (χ3v) is 5.23. The first kappa shape index (κ1) is 16.7. The Labute approximate surface area is 154 Å². The van der Waals surface area contributed by atoms with Crippen LogP contribution in [0, 0.1) is 11.8 Å². The number of hydrogen-bond donors (Lipinski definition) is 3. The van der Waals surface area contributed by atoms with E-state index in [1.165, 1.54) is 24.1 Å². The molecule has 3 N–H and O–H groups in total. The van der Waals surface area contributed by atoms with Crippen molar-refractivity contribution in [3.8, 4) is 0 Å². The minimum absolute atomic E-state index is 0.0472. The van der Waals surface area contributed by atoms with E-state index < -0.39 is 0 Å². The SMILES string of the molecule is CC1C=CC=C[NH+]=C1CNC(=O)C1=C2C=CC=CC=C2CC(C2CC2)=[NH+]1. The van der Waals surface area contributed by atoms with E-state index in [0.29, 0.717) is 18.2 Å². The van der Waals surface area contributed by atoms with Crippen LogP contribution in [0.5, 0.6) is 0 Å². The van der Waals surface area contributed by atoms with Crippen molar-refractivity contribution in [2.24, 2.45) is 11.8 Å². The summed E-state index contributed by atoms with van der Waals surface area (Å²) in [6.07, 6.45) is 21.6. The van der Waals surface area contributed by atoms with Crippen molar-refractivity contribution in [3.63, 3.8) is 0 Å². The number of hydrogen-bond acceptors (Lipinski definition) is 1. The molecule has 132 valence electrons. The molecule has 1 saturated carbocycles. The molecule has 1 amide bonds. The van der Waals surface area contributed by atoms with Gasteiger partial charge in [-0.2, -0.15) is 0 Å². The van der Waals surface area contributed by atoms with Crippen LogP contribution >= 0.6 is 0 Å². The standard InChI is InChI=1S/C22H23N3O/c1-15-7-5-6-12-23-20(15)14-24-22(26)21-18-9-4-2-3-8-17(18)13-19(25-21)16-10-11-16/h2-9,12,15-16H,10-11,13-14H2,1H3,(H,24,26)/p+2. The van der Waals surface area contributed by atoms with E-state index in [1.54, 1.807) is 0 Å². The highest BCUT2D eigenvalue weighted by Gasteiger charge is 2.38. The molecule has 0 saturated heterocycles. The van der Waals surface area contributed by atoms with Crippen LogP contribution in [0.2, 0.25) is 0 Å². The van der Waals surface area contributed by atoms with Crippen molar-refractivity contribution < 1.29 is 14.8 Å². The van der Waals surface area contributed by atoms with E-state index in [9.17, 15) is 4.79 Å². The van der Waals surface area contributed by atoms with Crippen LogP contribution in [0.4, 0.5) is 0 Å². The highest BCUT2D eigenvalue weighted by molar-refractivity contribution is 5.99. The summed E-state index contributed by atoms with van der Waals surface area (Å²) in [6.45, 7) is 2.63. The van der Waals surface area contributed by atoms with E-state index in [0.717, 1.165) is 17.7 Å². The number of allylic oxidation sites excluding steroid dienone is 10. The topological polar surface area (TPSA) is 57.0 Å². The van der Waals surface area contributed by atoms with E-state index in [1.807, 2.05) is 36.6 Å². The van der Waals surface area contributed by atoms with Gasteiger partial charge in [0.15, 0.2) is 17.6 Å². The monoisotopic (exact) mass is 347 g/mol. The second kappa shape index (κ2) is 7.24. The van der Waals surface area contributed by atoms with Crippen LogP contribution in [0.15, 0.2) is 71.7 Å². The molecule has 0 aromatic rings. The lowest BCUT2D eigenvalue weighted by Gasteiger charge is -2.14. The summed E-state index contributed by atoms with van der Waals surface area (Å²) >= 11 is 0. The Morgan fingerprint density at radius 1 is 1.19 bits per heavy atom. The third kappa shape index (κ3) is 3.59. The zero-order chi connectivity index (χ0) is 17.9. The fraction of sp³-hybridized carbons (Fsp3) is 0.318. The number of carbonyl (C=O) groups is 1. The van der Waals surface area contributed by atoms with Crippen molar-refractivity contribution in [2.45, 2.75) is 26.2 Å². The Morgan fingerprint density at radius 2 is 2.08 bits per heavy atom. The van der Waals surface area contributed by atoms with Gasteiger partial charge in [-0.15, -0.1) is 0 Å². The van der Waals surface area contributed by atoms with Crippen LogP contribution in [-0.2, 0) is 4.79 Å². The highest BCUT2D eigenvalue weighted by atomic mass is 16.2. The average molecular weight is 347 g/mol. The Bertz CT molecular complexity index is 858. The maximum absolute atomic E-state index is 13.0. The number of nitrogens with one attached hydrogen (secondary N) is 3. The Morgan fingerprint density at radius 3 is 2.92 bits per heavy atom. The molecule has 0 bridgehead atoms. The minimum atomic E-state index is -0.0472. The lowest BCUT2D eigenvalue weighted by molar-refractivity contribution is -0.397. The molecule has 2 aliphatic carbocycles. The van der Waals surface area contributed by atoms with Crippen molar-refractivity contribution >= 4 is 17.3 Å². The van der Waals surface area contributed by atoms with E-state index in [-0.39, 0.29) is 11.8 Å². The lowest BCUT2D eigenvalue weighted by Crippen LogP contribution is -2.76. The third-order valence-electron chi connectivity index (χ3n) is 5.23. The van der Waals surface area contributed by atoms with Gasteiger partial charge in [0.05, 0.1) is 24.5 Å². The number of carbonyl (C=O) groups excluding carboxylic acids is 1. The summed E-state index contributed by atoms with van der Waals surface area (Å²) in [6, 6.07) is 0. The van der Waals surface area contributed by atoms with Gasteiger partial charge in [-0.3, -0.25) is 4.79 Å². The van der Waals surface area contributed by atoms with E-state index in [4.69, 9.17) is 0 Å². The first-order valence-corrected chi connectivity index (χ1v) is 9.37. The van der Waals surface area contributed by atoms with Gasteiger partial charge in [0.25, 0.3) is 5.70 Å². The number of amides is 1. The second-order valence-corrected chi connectivity index (χ2v) is 7.21. The van der Waals surface area contributed by atoms with Crippen molar-refractivity contribution in [2.75, 3.05) is 6.54 Å². The largest absolute Gasteiger partial charge is 0.337 e. The molecule has 1 atom stereocenters. The predicted octanol–water partition coefficient (Wildman–Crippen LogP) is -0.0144. The molecule has 4 rings (SSSR count). The quantitative estimate of drug-likeness (QED) is 0.658.